The van der Waals surface area contributed by atoms with Crippen LogP contribution in [0.15, 0.2) is 17.2 Å². The van der Waals surface area contributed by atoms with E-state index in [4.69, 9.17) is 9.88 Å². The van der Waals surface area contributed by atoms with Crippen molar-refractivity contribution in [1.29, 1.82) is 0 Å². The summed E-state index contributed by atoms with van der Waals surface area (Å²) in [5.41, 5.74) is 0.317. The SMILES string of the molecule is COCCN(C(=O)c1cc(S(N)(=O)=O)cn1C)C1CC1. The van der Waals surface area contributed by atoms with E-state index in [1.165, 1.54) is 16.8 Å². The van der Waals surface area contributed by atoms with Crippen LogP contribution in [0.1, 0.15) is 23.3 Å². The molecule has 0 saturated heterocycles. The number of carbonyl (C=O) groups excluding carboxylic acids is 1. The lowest BCUT2D eigenvalue weighted by Crippen LogP contribution is -2.36. The molecule has 0 spiro atoms. The first kappa shape index (κ1) is 15.0. The van der Waals surface area contributed by atoms with Crippen molar-refractivity contribution in [3.8, 4) is 0 Å². The molecule has 1 fully saturated rings. The zero-order valence-electron chi connectivity index (χ0n) is 11.6. The number of rotatable bonds is 6. The van der Waals surface area contributed by atoms with E-state index < -0.39 is 10.0 Å². The molecular weight excluding hydrogens is 282 g/mol. The van der Waals surface area contributed by atoms with Crippen LogP contribution in [0.3, 0.4) is 0 Å². The zero-order valence-corrected chi connectivity index (χ0v) is 12.4. The van der Waals surface area contributed by atoms with Gasteiger partial charge in [-0.1, -0.05) is 0 Å². The normalized spacial score (nSPS) is 15.3. The summed E-state index contributed by atoms with van der Waals surface area (Å²) >= 11 is 0. The van der Waals surface area contributed by atoms with E-state index >= 15 is 0 Å². The summed E-state index contributed by atoms with van der Waals surface area (Å²) in [6.45, 7) is 0.949. The van der Waals surface area contributed by atoms with E-state index in [1.807, 2.05) is 0 Å². The second-order valence-electron chi connectivity index (χ2n) is 4.94. The lowest BCUT2D eigenvalue weighted by atomic mass is 10.3. The molecule has 1 saturated carbocycles. The van der Waals surface area contributed by atoms with Crippen LogP contribution in [-0.4, -0.2) is 50.1 Å². The van der Waals surface area contributed by atoms with Gasteiger partial charge < -0.3 is 14.2 Å². The molecule has 7 nitrogen and oxygen atoms in total. The second kappa shape index (κ2) is 5.55. The lowest BCUT2D eigenvalue weighted by Gasteiger charge is -2.22. The summed E-state index contributed by atoms with van der Waals surface area (Å²) in [6, 6.07) is 1.55. The van der Waals surface area contributed by atoms with Gasteiger partial charge in [-0.15, -0.1) is 0 Å². The maximum absolute atomic E-state index is 12.5. The number of aromatic nitrogens is 1. The number of hydrogen-bond donors (Lipinski definition) is 1. The topological polar surface area (TPSA) is 94.6 Å². The smallest absolute Gasteiger partial charge is 0.270 e. The fraction of sp³-hybridized carbons (Fsp3) is 0.583. The number of sulfonamides is 1. The quantitative estimate of drug-likeness (QED) is 0.795. The van der Waals surface area contributed by atoms with Crippen LogP contribution < -0.4 is 5.14 Å². The monoisotopic (exact) mass is 301 g/mol. The zero-order chi connectivity index (χ0) is 14.9. The Bertz CT molecular complexity index is 604. The maximum atomic E-state index is 12.5. The molecule has 1 amide bonds. The molecule has 1 aromatic rings. The average Bonchev–Trinajstić information content (AvgIpc) is 3.10. The van der Waals surface area contributed by atoms with Crippen LogP contribution in [0.2, 0.25) is 0 Å². The highest BCUT2D eigenvalue weighted by molar-refractivity contribution is 7.89. The van der Waals surface area contributed by atoms with Crippen molar-refractivity contribution < 1.29 is 17.9 Å². The highest BCUT2D eigenvalue weighted by atomic mass is 32.2. The molecule has 2 N–H and O–H groups in total. The van der Waals surface area contributed by atoms with Crippen LogP contribution >= 0.6 is 0 Å². The highest BCUT2D eigenvalue weighted by Gasteiger charge is 2.34. The van der Waals surface area contributed by atoms with Crippen LogP contribution in [0.4, 0.5) is 0 Å². The van der Waals surface area contributed by atoms with E-state index in [9.17, 15) is 13.2 Å². The van der Waals surface area contributed by atoms with Crippen LogP contribution in [0.25, 0.3) is 0 Å². The van der Waals surface area contributed by atoms with Crippen molar-refractivity contribution in [3.63, 3.8) is 0 Å². The number of carbonyl (C=O) groups is 1. The van der Waals surface area contributed by atoms with Crippen LogP contribution in [0.5, 0.6) is 0 Å². The molecule has 0 atom stereocenters. The predicted molar refractivity (Wildman–Crippen MR) is 72.7 cm³/mol. The second-order valence-corrected chi connectivity index (χ2v) is 6.50. The third-order valence-electron chi connectivity index (χ3n) is 3.31. The summed E-state index contributed by atoms with van der Waals surface area (Å²) in [5, 5.41) is 5.08. The number of methoxy groups -OCH3 is 1. The minimum atomic E-state index is -3.80. The molecule has 0 unspecified atom stereocenters. The molecule has 2 rings (SSSR count). The van der Waals surface area contributed by atoms with E-state index in [0.717, 1.165) is 12.8 Å². The Balaban J connectivity index is 2.25. The number of ether oxygens (including phenoxy) is 1. The Morgan fingerprint density at radius 1 is 1.55 bits per heavy atom. The van der Waals surface area contributed by atoms with Crippen molar-refractivity contribution in [3.05, 3.63) is 18.0 Å². The van der Waals surface area contributed by atoms with Gasteiger partial charge in [0.1, 0.15) is 10.6 Å². The summed E-state index contributed by atoms with van der Waals surface area (Å²) in [6.07, 6.45) is 3.30. The van der Waals surface area contributed by atoms with E-state index in [0.29, 0.717) is 18.8 Å². The van der Waals surface area contributed by atoms with Crippen molar-refractivity contribution in [2.24, 2.45) is 12.2 Å². The molecule has 1 aliphatic rings. The van der Waals surface area contributed by atoms with Crippen molar-refractivity contribution in [2.45, 2.75) is 23.8 Å². The summed E-state index contributed by atoms with van der Waals surface area (Å²) in [5.74, 6) is -0.193. The Labute approximate surface area is 118 Å². The lowest BCUT2D eigenvalue weighted by molar-refractivity contribution is 0.0671. The summed E-state index contributed by atoms with van der Waals surface area (Å²) < 4.78 is 29.2. The molecule has 1 aliphatic carbocycles. The Morgan fingerprint density at radius 3 is 2.65 bits per heavy atom. The Hall–Kier alpha value is -1.38. The van der Waals surface area contributed by atoms with Gasteiger partial charge in [-0.25, -0.2) is 13.6 Å². The standard InChI is InChI=1S/C12H19N3O4S/c1-14-8-10(20(13,17)18)7-11(14)12(16)15(5-6-19-2)9-3-4-9/h7-9H,3-6H2,1-2H3,(H2,13,17,18). The first-order valence-corrected chi connectivity index (χ1v) is 7.88. The first-order valence-electron chi connectivity index (χ1n) is 6.33. The molecule has 0 bridgehead atoms. The Kier molecular flexibility index (Phi) is 4.17. The van der Waals surface area contributed by atoms with Gasteiger partial charge in [0.05, 0.1) is 6.61 Å². The number of nitrogens with zero attached hydrogens (tertiary/aromatic N) is 2. The number of amides is 1. The number of nitrogens with two attached hydrogens (primary N) is 1. The molecule has 0 aromatic carbocycles. The van der Waals surface area contributed by atoms with Crippen molar-refractivity contribution in [1.82, 2.24) is 9.47 Å². The first-order chi connectivity index (χ1) is 9.34. The predicted octanol–water partition coefficient (Wildman–Crippen LogP) is -0.0765. The van der Waals surface area contributed by atoms with Gasteiger partial charge in [0.2, 0.25) is 10.0 Å². The molecule has 0 aliphatic heterocycles. The Morgan fingerprint density at radius 2 is 2.20 bits per heavy atom. The summed E-state index contributed by atoms with van der Waals surface area (Å²) in [4.78, 5) is 14.2. The minimum Gasteiger partial charge on any atom is -0.383 e. The molecular formula is C12H19N3O4S. The molecule has 20 heavy (non-hydrogen) atoms. The van der Waals surface area contributed by atoms with Gasteiger partial charge in [0.25, 0.3) is 5.91 Å². The van der Waals surface area contributed by atoms with Gasteiger partial charge in [-0.3, -0.25) is 4.79 Å². The fourth-order valence-electron chi connectivity index (χ4n) is 2.08. The van der Waals surface area contributed by atoms with Crippen LogP contribution in [-0.2, 0) is 21.8 Å². The van der Waals surface area contributed by atoms with Crippen molar-refractivity contribution in [2.75, 3.05) is 20.3 Å². The summed E-state index contributed by atoms with van der Waals surface area (Å²) in [7, 11) is -0.593. The largest absolute Gasteiger partial charge is 0.383 e. The minimum absolute atomic E-state index is 0.0501. The molecule has 112 valence electrons. The number of hydrogen-bond acceptors (Lipinski definition) is 4. The van der Waals surface area contributed by atoms with Gasteiger partial charge in [-0.05, 0) is 18.9 Å². The molecule has 1 heterocycles. The van der Waals surface area contributed by atoms with Crippen molar-refractivity contribution >= 4 is 15.9 Å². The van der Waals surface area contributed by atoms with E-state index in [2.05, 4.69) is 0 Å². The van der Waals surface area contributed by atoms with Crippen LogP contribution in [0, 0.1) is 0 Å². The van der Waals surface area contributed by atoms with Gasteiger partial charge >= 0.3 is 0 Å². The third-order valence-corrected chi connectivity index (χ3v) is 4.19. The van der Waals surface area contributed by atoms with Gasteiger partial charge in [0.15, 0.2) is 0 Å². The molecule has 0 radical (unpaired) electrons. The molecule has 1 aromatic heterocycles. The van der Waals surface area contributed by atoms with E-state index in [1.54, 1.807) is 19.1 Å². The number of aryl methyl sites for hydroxylation is 1. The third kappa shape index (κ3) is 3.20. The molecule has 8 heteroatoms. The average molecular weight is 301 g/mol. The maximum Gasteiger partial charge on any atom is 0.270 e. The highest BCUT2D eigenvalue weighted by Crippen LogP contribution is 2.28. The van der Waals surface area contributed by atoms with Gasteiger partial charge in [0, 0.05) is 32.9 Å². The van der Waals surface area contributed by atoms with E-state index in [-0.39, 0.29) is 16.8 Å². The fourth-order valence-corrected chi connectivity index (χ4v) is 2.66. The van der Waals surface area contributed by atoms with Gasteiger partial charge in [-0.2, -0.15) is 0 Å². The number of primary sulfonamides is 1.